The summed E-state index contributed by atoms with van der Waals surface area (Å²) in [5.74, 6) is 1.45. The Bertz CT molecular complexity index is 1740. The van der Waals surface area contributed by atoms with Crippen LogP contribution in [0, 0.1) is 18.2 Å². The lowest BCUT2D eigenvalue weighted by atomic mass is 9.67. The van der Waals surface area contributed by atoms with Crippen molar-refractivity contribution in [3.63, 3.8) is 0 Å². The van der Waals surface area contributed by atoms with E-state index in [2.05, 4.69) is 41.1 Å². The second kappa shape index (κ2) is 12.4. The highest BCUT2D eigenvalue weighted by Gasteiger charge is 2.43. The van der Waals surface area contributed by atoms with Crippen LogP contribution in [0.2, 0.25) is 0 Å². The number of hydrogen-bond acceptors (Lipinski definition) is 9. The Kier molecular flexibility index (Phi) is 8.29. The molecule has 0 unspecified atom stereocenters. The summed E-state index contributed by atoms with van der Waals surface area (Å²) >= 11 is 0. The van der Waals surface area contributed by atoms with Gasteiger partial charge in [0.2, 0.25) is 5.91 Å². The van der Waals surface area contributed by atoms with Crippen LogP contribution >= 0.6 is 0 Å². The van der Waals surface area contributed by atoms with Crippen LogP contribution in [0.3, 0.4) is 0 Å². The number of nitrogens with zero attached hydrogens (tertiary/aromatic N) is 7. The van der Waals surface area contributed by atoms with Crippen molar-refractivity contribution in [3.05, 3.63) is 77.9 Å². The molecule has 1 fully saturated rings. The zero-order valence-corrected chi connectivity index (χ0v) is 24.9. The molecule has 1 aliphatic rings. The van der Waals surface area contributed by atoms with Gasteiger partial charge in [-0.05, 0) is 70.2 Å². The van der Waals surface area contributed by atoms with Gasteiger partial charge in [-0.1, -0.05) is 6.07 Å². The number of anilines is 2. The molecular weight excluding hydrogens is 563 g/mol. The number of nitrogens with one attached hydrogen (secondary N) is 3. The molecular formula is C31H35FN10O2. The molecule has 6 rings (SSSR count). The minimum atomic E-state index is -0.591. The summed E-state index contributed by atoms with van der Waals surface area (Å²) in [6.07, 6.45) is 7.66. The van der Waals surface area contributed by atoms with Crippen LogP contribution in [0.15, 0.2) is 55.0 Å². The first-order valence-corrected chi connectivity index (χ1v) is 14.7. The Morgan fingerprint density at radius 3 is 2.73 bits per heavy atom. The van der Waals surface area contributed by atoms with Crippen LogP contribution < -0.4 is 10.6 Å². The molecule has 0 bridgehead atoms. The van der Waals surface area contributed by atoms with E-state index < -0.39 is 11.2 Å². The zero-order chi connectivity index (χ0) is 30.7. The highest BCUT2D eigenvalue weighted by molar-refractivity contribution is 5.85. The Morgan fingerprint density at radius 2 is 2.05 bits per heavy atom. The van der Waals surface area contributed by atoms with Crippen molar-refractivity contribution in [1.82, 2.24) is 45.5 Å². The van der Waals surface area contributed by atoms with E-state index in [1.807, 2.05) is 38.1 Å². The summed E-state index contributed by atoms with van der Waals surface area (Å²) in [4.78, 5) is 23.6. The normalized spacial score (nSPS) is 19.1. The number of rotatable bonds is 10. The van der Waals surface area contributed by atoms with Crippen molar-refractivity contribution in [1.29, 1.82) is 0 Å². The standard InChI is InChI=1S/C31H35FN10O2/c1-19-15-26(40-38-19)36-25-16-22-5-4-13-33-28(22)29(37-25)21-8-10-31(11-9-21,12-14-44-3)30(43)35-20(2)24-6-7-27(41-39-24)42-18-23(32)17-34-42/h4-7,13,15-18,20-21H,8-12,14H2,1-3H3,(H,35,43)(H2,36,37,38,40)/t20-,21-,31-/m0/s1. The Hall–Kier alpha value is -4.78. The van der Waals surface area contributed by atoms with Crippen molar-refractivity contribution >= 4 is 28.4 Å². The molecule has 44 heavy (non-hydrogen) atoms. The number of aromatic nitrogens is 8. The van der Waals surface area contributed by atoms with Crippen LogP contribution in [-0.2, 0) is 9.53 Å². The van der Waals surface area contributed by atoms with Crippen molar-refractivity contribution < 1.29 is 13.9 Å². The number of fused-ring (bicyclic) bond motifs is 1. The third-order valence-corrected chi connectivity index (χ3v) is 8.42. The smallest absolute Gasteiger partial charge is 0.226 e. The maximum atomic E-state index is 13.9. The van der Waals surface area contributed by atoms with Gasteiger partial charge in [0.25, 0.3) is 0 Å². The first kappa shape index (κ1) is 29.3. The fourth-order valence-electron chi connectivity index (χ4n) is 5.94. The topological polar surface area (TPSA) is 148 Å². The third-order valence-electron chi connectivity index (χ3n) is 8.42. The van der Waals surface area contributed by atoms with Crippen LogP contribution in [0.1, 0.15) is 68.1 Å². The number of pyridine rings is 2. The first-order valence-electron chi connectivity index (χ1n) is 14.7. The molecule has 228 valence electrons. The largest absolute Gasteiger partial charge is 0.385 e. The van der Waals surface area contributed by atoms with Gasteiger partial charge in [0.05, 0.1) is 40.8 Å². The number of amides is 1. The van der Waals surface area contributed by atoms with Gasteiger partial charge in [0.15, 0.2) is 17.5 Å². The molecule has 5 heterocycles. The number of ether oxygens (including phenoxy) is 1. The number of carbonyl (C=O) groups excluding carboxylic acids is 1. The van der Waals surface area contributed by atoms with E-state index in [4.69, 9.17) is 9.72 Å². The number of methoxy groups -OCH3 is 1. The molecule has 0 aliphatic heterocycles. The van der Waals surface area contributed by atoms with E-state index in [-0.39, 0.29) is 17.9 Å². The quantitative estimate of drug-likeness (QED) is 0.200. The molecule has 12 nitrogen and oxygen atoms in total. The lowest BCUT2D eigenvalue weighted by Crippen LogP contribution is -2.45. The molecule has 1 saturated carbocycles. The molecule has 1 atom stereocenters. The molecule has 0 spiro atoms. The van der Waals surface area contributed by atoms with Gasteiger partial charge < -0.3 is 15.4 Å². The van der Waals surface area contributed by atoms with Gasteiger partial charge in [-0.15, -0.1) is 5.10 Å². The minimum absolute atomic E-state index is 0.0271. The van der Waals surface area contributed by atoms with Crippen LogP contribution in [0.25, 0.3) is 16.7 Å². The van der Waals surface area contributed by atoms with Crippen molar-refractivity contribution in [2.45, 2.75) is 57.9 Å². The molecule has 0 aromatic carbocycles. The van der Waals surface area contributed by atoms with E-state index in [0.717, 1.165) is 41.3 Å². The minimum Gasteiger partial charge on any atom is -0.385 e. The van der Waals surface area contributed by atoms with Gasteiger partial charge in [0.1, 0.15) is 5.82 Å². The maximum Gasteiger partial charge on any atom is 0.226 e. The molecule has 1 amide bonds. The van der Waals surface area contributed by atoms with E-state index in [0.29, 0.717) is 49.0 Å². The summed E-state index contributed by atoms with van der Waals surface area (Å²) in [6, 6.07) is 11.0. The van der Waals surface area contributed by atoms with Crippen molar-refractivity contribution in [2.75, 3.05) is 19.0 Å². The van der Waals surface area contributed by atoms with Crippen LogP contribution in [0.4, 0.5) is 16.0 Å². The SMILES string of the molecule is COCC[C@]1(C(=O)N[C@@H](C)c2ccc(-n3cc(F)cn3)nn2)CC[C@H](c2nc(Nc3cc(C)[nH]n3)cc3cccnc32)CC1. The Morgan fingerprint density at radius 1 is 1.20 bits per heavy atom. The summed E-state index contributed by atoms with van der Waals surface area (Å²) in [5.41, 5.74) is 2.77. The number of H-pyrrole nitrogens is 1. The van der Waals surface area contributed by atoms with Gasteiger partial charge in [0, 0.05) is 43.0 Å². The Labute approximate surface area is 253 Å². The number of halogens is 1. The lowest BCUT2D eigenvalue weighted by molar-refractivity contribution is -0.135. The van der Waals surface area contributed by atoms with Crippen molar-refractivity contribution in [3.8, 4) is 5.82 Å². The van der Waals surface area contributed by atoms with E-state index in [9.17, 15) is 9.18 Å². The maximum absolute atomic E-state index is 13.9. The van der Waals surface area contributed by atoms with Crippen LogP contribution in [-0.4, -0.2) is 59.8 Å². The average molecular weight is 599 g/mol. The van der Waals surface area contributed by atoms with Crippen molar-refractivity contribution in [2.24, 2.45) is 5.41 Å². The molecule has 13 heteroatoms. The predicted molar refractivity (Wildman–Crippen MR) is 162 cm³/mol. The van der Waals surface area contributed by atoms with E-state index >= 15 is 0 Å². The highest BCUT2D eigenvalue weighted by atomic mass is 19.1. The summed E-state index contributed by atoms with van der Waals surface area (Å²) < 4.78 is 20.1. The average Bonchev–Trinajstić information content (AvgIpc) is 3.67. The molecule has 3 N–H and O–H groups in total. The number of aryl methyl sites for hydroxylation is 1. The van der Waals surface area contributed by atoms with Crippen LogP contribution in [0.5, 0.6) is 0 Å². The zero-order valence-electron chi connectivity index (χ0n) is 24.9. The van der Waals surface area contributed by atoms with E-state index in [1.165, 1.54) is 10.9 Å². The van der Waals surface area contributed by atoms with Gasteiger partial charge in [-0.3, -0.25) is 14.9 Å². The van der Waals surface area contributed by atoms with E-state index in [1.54, 1.807) is 25.4 Å². The molecule has 5 aromatic rings. The van der Waals surface area contributed by atoms with Gasteiger partial charge in [-0.2, -0.15) is 15.3 Å². The predicted octanol–water partition coefficient (Wildman–Crippen LogP) is 5.08. The highest BCUT2D eigenvalue weighted by Crippen LogP contribution is 2.46. The number of hydrogen-bond donors (Lipinski definition) is 3. The second-order valence-corrected chi connectivity index (χ2v) is 11.4. The van der Waals surface area contributed by atoms with Gasteiger partial charge in [-0.25, -0.2) is 14.1 Å². The fraction of sp³-hybridized carbons (Fsp3) is 0.387. The number of carbonyl (C=O) groups is 1. The monoisotopic (exact) mass is 598 g/mol. The second-order valence-electron chi connectivity index (χ2n) is 11.4. The first-order chi connectivity index (χ1) is 21.3. The molecule has 0 radical (unpaired) electrons. The summed E-state index contributed by atoms with van der Waals surface area (Å²) in [6.45, 7) is 4.31. The fourth-order valence-corrected chi connectivity index (χ4v) is 5.94. The number of aromatic amines is 1. The summed E-state index contributed by atoms with van der Waals surface area (Å²) in [7, 11) is 1.66. The lowest BCUT2D eigenvalue weighted by Gasteiger charge is -2.39. The third kappa shape index (κ3) is 6.13. The molecule has 1 aliphatic carbocycles. The molecule has 5 aromatic heterocycles. The summed E-state index contributed by atoms with van der Waals surface area (Å²) in [5, 5.41) is 27.1. The molecule has 0 saturated heterocycles. The Balaban J connectivity index is 1.18. The van der Waals surface area contributed by atoms with Gasteiger partial charge >= 0.3 is 0 Å².